The fourth-order valence-corrected chi connectivity index (χ4v) is 3.61. The predicted molar refractivity (Wildman–Crippen MR) is 84.1 cm³/mol. The number of nitrogens with zero attached hydrogens (tertiary/aromatic N) is 2. The van der Waals surface area contributed by atoms with Crippen molar-refractivity contribution in [2.45, 2.75) is 56.7 Å². The first kappa shape index (κ1) is 18.2. The van der Waals surface area contributed by atoms with Crippen LogP contribution < -0.4 is 0 Å². The van der Waals surface area contributed by atoms with Gasteiger partial charge in [0.2, 0.25) is 5.91 Å². The van der Waals surface area contributed by atoms with Gasteiger partial charge in [0.1, 0.15) is 0 Å². The van der Waals surface area contributed by atoms with Crippen LogP contribution in [0.5, 0.6) is 0 Å². The van der Waals surface area contributed by atoms with Gasteiger partial charge in [0.15, 0.2) is 0 Å². The molecular formula is C16H28N2O5. The Morgan fingerprint density at radius 2 is 1.83 bits per heavy atom. The first-order valence-corrected chi connectivity index (χ1v) is 8.48. The number of aliphatic carboxylic acids is 1. The Morgan fingerprint density at radius 3 is 2.48 bits per heavy atom. The molecule has 1 saturated heterocycles. The maximum absolute atomic E-state index is 12.2. The lowest BCUT2D eigenvalue weighted by Gasteiger charge is -2.40. The maximum Gasteiger partial charge on any atom is 0.303 e. The number of carbonyl (C=O) groups excluding carboxylic acids is 1. The Kier molecular flexibility index (Phi) is 6.80. The summed E-state index contributed by atoms with van der Waals surface area (Å²) < 4.78 is 5.38. The molecule has 1 heterocycles. The largest absolute Gasteiger partial charge is 0.481 e. The number of morpholine rings is 1. The Labute approximate surface area is 137 Å². The molecule has 0 bridgehead atoms. The van der Waals surface area contributed by atoms with Gasteiger partial charge in [-0.3, -0.25) is 14.5 Å². The lowest BCUT2D eigenvalue weighted by atomic mass is 9.98. The minimum atomic E-state index is -0.973. The van der Waals surface area contributed by atoms with E-state index in [1.165, 1.54) is 0 Å². The third-order valence-corrected chi connectivity index (χ3v) is 5.00. The van der Waals surface area contributed by atoms with Crippen molar-refractivity contribution in [1.29, 1.82) is 0 Å². The summed E-state index contributed by atoms with van der Waals surface area (Å²) in [5.41, 5.74) is 0. The summed E-state index contributed by atoms with van der Waals surface area (Å²) in [6, 6.07) is -0.201. The molecule has 2 aliphatic rings. The van der Waals surface area contributed by atoms with Crippen LogP contribution in [0.1, 0.15) is 38.5 Å². The van der Waals surface area contributed by atoms with Gasteiger partial charge in [-0.2, -0.15) is 0 Å². The third-order valence-electron chi connectivity index (χ3n) is 5.00. The molecule has 7 heteroatoms. The fraction of sp³-hybridized carbons (Fsp3) is 0.875. The molecule has 7 nitrogen and oxygen atoms in total. The first-order chi connectivity index (χ1) is 11.0. The number of hydrogen-bond acceptors (Lipinski definition) is 5. The molecule has 3 atom stereocenters. The van der Waals surface area contributed by atoms with Gasteiger partial charge in [-0.05, 0) is 12.8 Å². The number of amides is 1. The molecule has 1 amide bonds. The van der Waals surface area contributed by atoms with Crippen molar-refractivity contribution in [3.63, 3.8) is 0 Å². The van der Waals surface area contributed by atoms with Gasteiger partial charge in [0.25, 0.3) is 0 Å². The van der Waals surface area contributed by atoms with Crippen LogP contribution in [0, 0.1) is 0 Å². The molecule has 0 unspecified atom stereocenters. The zero-order valence-electron chi connectivity index (χ0n) is 13.8. The zero-order valence-corrected chi connectivity index (χ0v) is 13.8. The zero-order chi connectivity index (χ0) is 16.8. The SMILES string of the molecule is CN(C(=O)CCC(=O)O)[C@@H]1CCCC[C@@H](N2CCOCC2)[C@@H]1O. The van der Waals surface area contributed by atoms with Crippen LogP contribution in [0.3, 0.4) is 0 Å². The number of aliphatic hydroxyl groups excluding tert-OH is 1. The maximum atomic E-state index is 12.2. The van der Waals surface area contributed by atoms with Gasteiger partial charge < -0.3 is 19.8 Å². The molecule has 0 radical (unpaired) electrons. The lowest BCUT2D eigenvalue weighted by Crippen LogP contribution is -2.55. The number of rotatable bonds is 5. The number of ether oxygens (including phenoxy) is 1. The first-order valence-electron chi connectivity index (χ1n) is 8.48. The normalized spacial score (nSPS) is 29.7. The highest BCUT2D eigenvalue weighted by Gasteiger charge is 2.37. The average Bonchev–Trinajstić information content (AvgIpc) is 2.74. The highest BCUT2D eigenvalue weighted by Crippen LogP contribution is 2.26. The van der Waals surface area contributed by atoms with Gasteiger partial charge in [-0.1, -0.05) is 12.8 Å². The Morgan fingerprint density at radius 1 is 1.17 bits per heavy atom. The van der Waals surface area contributed by atoms with E-state index in [4.69, 9.17) is 9.84 Å². The van der Waals surface area contributed by atoms with Gasteiger partial charge in [0.05, 0.1) is 31.8 Å². The highest BCUT2D eigenvalue weighted by atomic mass is 16.5. The molecule has 0 spiro atoms. The number of carboxylic acids is 1. The summed E-state index contributed by atoms with van der Waals surface area (Å²) in [4.78, 5) is 26.7. The van der Waals surface area contributed by atoms with Gasteiger partial charge in [0, 0.05) is 32.6 Å². The summed E-state index contributed by atoms with van der Waals surface area (Å²) >= 11 is 0. The Hall–Kier alpha value is -1.18. The van der Waals surface area contributed by atoms with Crippen LogP contribution in [0.2, 0.25) is 0 Å². The molecule has 2 N–H and O–H groups in total. The van der Waals surface area contributed by atoms with Crippen molar-refractivity contribution in [3.05, 3.63) is 0 Å². The molecule has 2 fully saturated rings. The molecule has 0 aromatic rings. The quantitative estimate of drug-likeness (QED) is 0.706. The number of aliphatic hydroxyl groups is 1. The van der Waals surface area contributed by atoms with E-state index in [1.807, 2.05) is 0 Å². The molecular weight excluding hydrogens is 300 g/mol. The van der Waals surface area contributed by atoms with Crippen LogP contribution in [0.15, 0.2) is 0 Å². The smallest absolute Gasteiger partial charge is 0.303 e. The molecule has 0 aromatic heterocycles. The summed E-state index contributed by atoms with van der Waals surface area (Å²) in [6.07, 6.45) is 2.91. The van der Waals surface area contributed by atoms with Crippen molar-refractivity contribution in [2.24, 2.45) is 0 Å². The van der Waals surface area contributed by atoms with E-state index in [-0.39, 0.29) is 30.8 Å². The monoisotopic (exact) mass is 328 g/mol. The topological polar surface area (TPSA) is 90.3 Å². The average molecular weight is 328 g/mol. The summed E-state index contributed by atoms with van der Waals surface area (Å²) in [5, 5.41) is 19.6. The molecule has 132 valence electrons. The minimum absolute atomic E-state index is 0.0166. The number of carbonyl (C=O) groups is 2. The van der Waals surface area contributed by atoms with E-state index < -0.39 is 12.1 Å². The molecule has 1 aliphatic heterocycles. The van der Waals surface area contributed by atoms with Crippen molar-refractivity contribution < 1.29 is 24.5 Å². The molecule has 0 aromatic carbocycles. The standard InChI is InChI=1S/C16H28N2O5/c1-17(14(19)6-7-15(20)21)12-4-2-3-5-13(16(12)22)18-8-10-23-11-9-18/h12-13,16,22H,2-11H2,1H3,(H,20,21)/t12-,13-,16-/m1/s1. The van der Waals surface area contributed by atoms with E-state index in [9.17, 15) is 14.7 Å². The van der Waals surface area contributed by atoms with Crippen LogP contribution in [0.25, 0.3) is 0 Å². The fourth-order valence-electron chi connectivity index (χ4n) is 3.61. The molecule has 1 aliphatic carbocycles. The van der Waals surface area contributed by atoms with Crippen molar-refractivity contribution in [3.8, 4) is 0 Å². The molecule has 2 rings (SSSR count). The predicted octanol–water partition coefficient (Wildman–Crippen LogP) is 0.314. The van der Waals surface area contributed by atoms with Crippen LogP contribution in [-0.2, 0) is 14.3 Å². The minimum Gasteiger partial charge on any atom is -0.481 e. The van der Waals surface area contributed by atoms with E-state index in [0.717, 1.165) is 38.8 Å². The van der Waals surface area contributed by atoms with E-state index in [1.54, 1.807) is 11.9 Å². The second kappa shape index (κ2) is 8.61. The number of likely N-dealkylation sites (N-methyl/N-ethyl adjacent to an activating group) is 1. The van der Waals surface area contributed by atoms with Gasteiger partial charge in [-0.25, -0.2) is 0 Å². The van der Waals surface area contributed by atoms with Crippen molar-refractivity contribution in [1.82, 2.24) is 9.80 Å². The number of carboxylic acid groups (broad SMARTS) is 1. The summed E-state index contributed by atoms with van der Waals surface area (Å²) in [7, 11) is 1.68. The van der Waals surface area contributed by atoms with E-state index >= 15 is 0 Å². The number of hydrogen-bond donors (Lipinski definition) is 2. The summed E-state index contributed by atoms with van der Waals surface area (Å²) in [5.74, 6) is -1.18. The second-order valence-electron chi connectivity index (χ2n) is 6.46. The Bertz CT molecular complexity index is 411. The van der Waals surface area contributed by atoms with Crippen molar-refractivity contribution in [2.75, 3.05) is 33.4 Å². The van der Waals surface area contributed by atoms with Crippen LogP contribution >= 0.6 is 0 Å². The van der Waals surface area contributed by atoms with Gasteiger partial charge in [-0.15, -0.1) is 0 Å². The second-order valence-corrected chi connectivity index (χ2v) is 6.46. The summed E-state index contributed by atoms with van der Waals surface area (Å²) in [6.45, 7) is 2.98. The van der Waals surface area contributed by atoms with E-state index in [2.05, 4.69) is 4.90 Å². The van der Waals surface area contributed by atoms with Gasteiger partial charge >= 0.3 is 5.97 Å². The molecule has 1 saturated carbocycles. The highest BCUT2D eigenvalue weighted by molar-refractivity contribution is 5.80. The van der Waals surface area contributed by atoms with Crippen LogP contribution in [-0.4, -0.2) is 83.4 Å². The van der Waals surface area contributed by atoms with Crippen LogP contribution in [0.4, 0.5) is 0 Å². The lowest BCUT2D eigenvalue weighted by molar-refractivity contribution is -0.142. The van der Waals surface area contributed by atoms with Crippen molar-refractivity contribution >= 4 is 11.9 Å². The molecule has 23 heavy (non-hydrogen) atoms. The van der Waals surface area contributed by atoms with E-state index in [0.29, 0.717) is 13.2 Å². The third kappa shape index (κ3) is 4.89. The Balaban J connectivity index is 2.00.